The zero-order chi connectivity index (χ0) is 40.3. The number of hydrogen-bond acceptors (Lipinski definition) is 8. The fourth-order valence-electron chi connectivity index (χ4n) is 8.06. The molecule has 5 heterocycles. The number of rotatable bonds is 4. The van der Waals surface area contributed by atoms with Crippen molar-refractivity contribution in [2.75, 3.05) is 11.9 Å². The SMILES string of the molecule is CC(=O)c1nn2c3c(cc(-c4cnc(C)nc4)cc13)CCCCCCC(=O)N(C(F)(F)F)C[C@@]13C[C@@H](C(=O)Nc4nc(C(F)(F)F)ccc4C)N(C(=O)C2)[C@@H]1C3. The van der Waals surface area contributed by atoms with Crippen molar-refractivity contribution >= 4 is 40.2 Å². The third kappa shape index (κ3) is 7.44. The summed E-state index contributed by atoms with van der Waals surface area (Å²) in [6.45, 7) is 3.19. The number of anilines is 1. The van der Waals surface area contributed by atoms with Crippen LogP contribution in [0.25, 0.3) is 22.0 Å². The molecule has 2 aliphatic heterocycles. The van der Waals surface area contributed by atoms with E-state index in [0.717, 1.165) is 22.6 Å². The molecule has 0 unspecified atom stereocenters. The van der Waals surface area contributed by atoms with Crippen LogP contribution in [-0.4, -0.2) is 83.0 Å². The highest BCUT2D eigenvalue weighted by Gasteiger charge is 2.69. The number of hydrogen-bond donors (Lipinski definition) is 1. The first-order chi connectivity index (χ1) is 26.4. The zero-order valence-electron chi connectivity index (χ0n) is 30.7. The van der Waals surface area contributed by atoms with Crippen molar-refractivity contribution in [3.05, 3.63) is 65.0 Å². The van der Waals surface area contributed by atoms with Gasteiger partial charge in [0.15, 0.2) is 5.78 Å². The monoisotopic (exact) mass is 784 g/mol. The molecule has 2 fully saturated rings. The second-order valence-corrected chi connectivity index (χ2v) is 14.9. The summed E-state index contributed by atoms with van der Waals surface area (Å²) < 4.78 is 85.4. The zero-order valence-corrected chi connectivity index (χ0v) is 30.7. The second-order valence-electron chi connectivity index (χ2n) is 14.9. The molecular weight excluding hydrogens is 746 g/mol. The lowest BCUT2D eigenvalue weighted by molar-refractivity contribution is -0.244. The Labute approximate surface area is 316 Å². The minimum absolute atomic E-state index is 0.0506. The molecule has 4 aromatic rings. The van der Waals surface area contributed by atoms with E-state index in [-0.39, 0.29) is 47.6 Å². The summed E-state index contributed by atoms with van der Waals surface area (Å²) in [5.41, 5.74) is 0.268. The Balaban J connectivity index is 1.31. The average Bonchev–Trinajstić information content (AvgIpc) is 3.52. The summed E-state index contributed by atoms with van der Waals surface area (Å²) in [5.74, 6) is -3.02. The number of carbonyl (C=O) groups is 4. The number of aromatic nitrogens is 5. The van der Waals surface area contributed by atoms with Crippen LogP contribution in [-0.2, 0) is 33.5 Å². The van der Waals surface area contributed by atoms with Gasteiger partial charge in [0.25, 0.3) is 0 Å². The quantitative estimate of drug-likeness (QED) is 0.139. The van der Waals surface area contributed by atoms with Gasteiger partial charge >= 0.3 is 12.5 Å². The molecule has 18 heteroatoms. The molecule has 3 atom stereocenters. The molecule has 0 radical (unpaired) electrons. The van der Waals surface area contributed by atoms with E-state index in [9.17, 15) is 45.5 Å². The number of Topliss-reactive ketones (excluding diaryl/α,β-unsaturated/α-hetero) is 1. The van der Waals surface area contributed by atoms with Crippen molar-refractivity contribution in [3.8, 4) is 11.1 Å². The van der Waals surface area contributed by atoms with Crippen LogP contribution in [0.3, 0.4) is 0 Å². The van der Waals surface area contributed by atoms with Gasteiger partial charge in [0.2, 0.25) is 17.7 Å². The summed E-state index contributed by atoms with van der Waals surface area (Å²) in [5, 5.41) is 7.41. The van der Waals surface area contributed by atoms with E-state index >= 15 is 0 Å². The number of nitrogens with one attached hydrogen (secondary N) is 1. The highest BCUT2D eigenvalue weighted by atomic mass is 19.4. The molecule has 12 nitrogen and oxygen atoms in total. The van der Waals surface area contributed by atoms with Crippen molar-refractivity contribution in [3.63, 3.8) is 0 Å². The summed E-state index contributed by atoms with van der Waals surface area (Å²) in [6.07, 6.45) is -4.94. The third-order valence-corrected chi connectivity index (χ3v) is 11.0. The Hall–Kier alpha value is -5.42. The van der Waals surface area contributed by atoms with Gasteiger partial charge in [-0.25, -0.2) is 15.0 Å². The smallest absolute Gasteiger partial charge is 0.325 e. The van der Waals surface area contributed by atoms with Crippen molar-refractivity contribution in [1.82, 2.24) is 34.5 Å². The van der Waals surface area contributed by atoms with Crippen molar-refractivity contribution in [2.24, 2.45) is 5.41 Å². The second kappa shape index (κ2) is 14.3. The van der Waals surface area contributed by atoms with Crippen LogP contribution in [0.2, 0.25) is 0 Å². The van der Waals surface area contributed by atoms with Crippen LogP contribution in [0.15, 0.2) is 36.7 Å². The largest absolute Gasteiger partial charge is 0.487 e. The summed E-state index contributed by atoms with van der Waals surface area (Å²) in [6, 6.07) is 3.19. The fraction of sp³-hybridized carbons (Fsp3) is 0.474. The van der Waals surface area contributed by atoms with Crippen molar-refractivity contribution < 1.29 is 45.5 Å². The predicted molar refractivity (Wildman–Crippen MR) is 189 cm³/mol. The molecule has 0 spiro atoms. The Morgan fingerprint density at radius 2 is 1.59 bits per heavy atom. The van der Waals surface area contributed by atoms with Gasteiger partial charge in [0, 0.05) is 54.7 Å². The molecule has 296 valence electrons. The van der Waals surface area contributed by atoms with E-state index in [2.05, 4.69) is 25.4 Å². The van der Waals surface area contributed by atoms with Gasteiger partial charge in [0.05, 0.1) is 5.52 Å². The van der Waals surface area contributed by atoms with Gasteiger partial charge in [-0.2, -0.15) is 18.3 Å². The average molecular weight is 785 g/mol. The molecule has 3 amide bonds. The summed E-state index contributed by atoms with van der Waals surface area (Å²) in [4.78, 5) is 67.8. The first-order valence-electron chi connectivity index (χ1n) is 18.2. The highest BCUT2D eigenvalue weighted by Crippen LogP contribution is 2.61. The lowest BCUT2D eigenvalue weighted by Gasteiger charge is -2.29. The molecule has 7 rings (SSSR count). The summed E-state index contributed by atoms with van der Waals surface area (Å²) >= 11 is 0. The van der Waals surface area contributed by atoms with Gasteiger partial charge < -0.3 is 10.2 Å². The number of amides is 3. The first kappa shape index (κ1) is 38.8. The van der Waals surface area contributed by atoms with Crippen molar-refractivity contribution in [1.29, 1.82) is 0 Å². The number of piperidine rings is 1. The Morgan fingerprint density at radius 3 is 2.25 bits per heavy atom. The normalized spacial score (nSPS) is 22.2. The van der Waals surface area contributed by atoms with E-state index in [1.165, 1.54) is 18.5 Å². The molecule has 1 aromatic carbocycles. The fourth-order valence-corrected chi connectivity index (χ4v) is 8.06. The lowest BCUT2D eigenvalue weighted by Crippen LogP contribution is -2.47. The molecule has 2 bridgehead atoms. The van der Waals surface area contributed by atoms with E-state index in [0.29, 0.717) is 53.5 Å². The number of aryl methyl sites for hydroxylation is 3. The Bertz CT molecular complexity index is 2240. The molecule has 3 aliphatic rings. The van der Waals surface area contributed by atoms with Gasteiger partial charge in [-0.15, -0.1) is 13.2 Å². The van der Waals surface area contributed by atoms with E-state index in [1.807, 2.05) is 6.07 Å². The van der Waals surface area contributed by atoms with Gasteiger partial charge in [-0.1, -0.05) is 18.9 Å². The van der Waals surface area contributed by atoms with Gasteiger partial charge in [-0.3, -0.25) is 28.8 Å². The van der Waals surface area contributed by atoms with E-state index in [4.69, 9.17) is 0 Å². The highest BCUT2D eigenvalue weighted by molar-refractivity contribution is 6.07. The number of ketones is 1. The van der Waals surface area contributed by atoms with Crippen LogP contribution in [0.4, 0.5) is 32.2 Å². The Kier molecular flexibility index (Phi) is 9.89. The van der Waals surface area contributed by atoms with Crippen LogP contribution < -0.4 is 5.32 Å². The number of pyridine rings is 1. The minimum atomic E-state index is -5.04. The van der Waals surface area contributed by atoms with E-state index in [1.54, 1.807) is 25.4 Å². The topological polar surface area (TPSA) is 143 Å². The van der Waals surface area contributed by atoms with Gasteiger partial charge in [-0.05, 0) is 80.8 Å². The molecular formula is C38H38F6N8O4. The first-order valence-corrected chi connectivity index (χ1v) is 18.2. The molecule has 1 saturated heterocycles. The van der Waals surface area contributed by atoms with Crippen molar-refractivity contribution in [2.45, 2.75) is 103 Å². The number of alkyl halides is 6. The maximum atomic E-state index is 14.5. The minimum Gasteiger partial charge on any atom is -0.325 e. The molecule has 1 N–H and O–H groups in total. The van der Waals surface area contributed by atoms with Crippen LogP contribution in [0.5, 0.6) is 0 Å². The number of carbonyl (C=O) groups excluding carboxylic acids is 4. The number of nitrogens with zero attached hydrogens (tertiary/aromatic N) is 7. The number of halogens is 6. The van der Waals surface area contributed by atoms with E-state index < -0.39 is 72.3 Å². The maximum absolute atomic E-state index is 14.5. The van der Waals surface area contributed by atoms with Crippen LogP contribution in [0.1, 0.15) is 85.0 Å². The Morgan fingerprint density at radius 1 is 0.893 bits per heavy atom. The predicted octanol–water partition coefficient (Wildman–Crippen LogP) is 6.58. The number of benzene rings is 1. The third-order valence-electron chi connectivity index (χ3n) is 11.0. The lowest BCUT2D eigenvalue weighted by atomic mass is 9.96. The van der Waals surface area contributed by atoms with Crippen LogP contribution >= 0.6 is 0 Å². The standard InChI is InChI=1S/C38H38F6N8O4/c1-20-10-11-28(37(39,40)41)47-34(20)48-35(56)27-14-36-15-29(36)52(27)31(55)18-51-33-23(8-6-4-5-7-9-30(54)50(19-36)38(42,43)44)12-24(25-16-45-22(3)46-17-25)13-26(33)32(49-51)21(2)53/h10-13,16-17,27,29H,4-9,14-15,18-19H2,1-3H3,(H,47,48,56)/t27-,29+,36-/m0/s1. The molecule has 56 heavy (non-hydrogen) atoms. The molecule has 1 aliphatic carbocycles. The van der Waals surface area contributed by atoms with Crippen LogP contribution in [0, 0.1) is 19.3 Å². The maximum Gasteiger partial charge on any atom is 0.487 e. The van der Waals surface area contributed by atoms with Gasteiger partial charge in [0.1, 0.15) is 35.6 Å². The molecule has 1 saturated carbocycles. The molecule has 3 aromatic heterocycles. The summed E-state index contributed by atoms with van der Waals surface area (Å²) in [7, 11) is 0.